The highest BCUT2D eigenvalue weighted by Gasteiger charge is 2.26. The number of rotatable bonds is 3. The molecule has 0 amide bonds. The van der Waals surface area contributed by atoms with Crippen molar-refractivity contribution >= 4 is 0 Å². The van der Waals surface area contributed by atoms with Crippen molar-refractivity contribution in [3.05, 3.63) is 29.8 Å². The van der Waals surface area contributed by atoms with E-state index < -0.39 is 6.10 Å². The Morgan fingerprint density at radius 2 is 1.72 bits per heavy atom. The number of piperidine rings is 1. The first-order chi connectivity index (χ1) is 8.58. The first kappa shape index (κ1) is 13.4. The number of phenolic OH excluding ortho intramolecular Hbond substituents is 1. The molecule has 100 valence electrons. The van der Waals surface area contributed by atoms with Crippen LogP contribution in [0.4, 0.5) is 0 Å². The second-order valence-electron chi connectivity index (χ2n) is 5.50. The van der Waals surface area contributed by atoms with E-state index in [0.717, 1.165) is 24.6 Å². The van der Waals surface area contributed by atoms with E-state index in [9.17, 15) is 10.2 Å². The summed E-state index contributed by atoms with van der Waals surface area (Å²) in [5.74, 6) is 1.05. The number of aliphatic hydroxyl groups is 1. The number of hydrogen-bond acceptors (Lipinski definition) is 3. The maximum absolute atomic E-state index is 10.4. The lowest BCUT2D eigenvalue weighted by molar-refractivity contribution is 0.0390. The second-order valence-corrected chi connectivity index (χ2v) is 5.50. The first-order valence-electron chi connectivity index (χ1n) is 6.79. The predicted molar refractivity (Wildman–Crippen MR) is 72.5 cm³/mol. The molecular weight excluding hydrogens is 226 g/mol. The van der Waals surface area contributed by atoms with Gasteiger partial charge >= 0.3 is 0 Å². The van der Waals surface area contributed by atoms with Crippen molar-refractivity contribution in [2.45, 2.75) is 38.8 Å². The summed E-state index contributed by atoms with van der Waals surface area (Å²) in [6, 6.07) is 6.97. The third kappa shape index (κ3) is 3.03. The molecule has 1 aromatic carbocycles. The highest BCUT2D eigenvalue weighted by molar-refractivity contribution is 5.27. The first-order valence-corrected chi connectivity index (χ1v) is 6.79. The molecule has 18 heavy (non-hydrogen) atoms. The Balaban J connectivity index is 1.99. The van der Waals surface area contributed by atoms with E-state index in [-0.39, 0.29) is 11.8 Å². The van der Waals surface area contributed by atoms with Crippen molar-refractivity contribution < 1.29 is 10.2 Å². The van der Waals surface area contributed by atoms with Gasteiger partial charge in [-0.15, -0.1) is 0 Å². The molecule has 2 atom stereocenters. The van der Waals surface area contributed by atoms with Crippen LogP contribution < -0.4 is 0 Å². The van der Waals surface area contributed by atoms with E-state index in [4.69, 9.17) is 0 Å². The third-order valence-electron chi connectivity index (χ3n) is 4.09. The highest BCUT2D eigenvalue weighted by Crippen LogP contribution is 2.26. The molecule has 1 aliphatic rings. The highest BCUT2D eigenvalue weighted by atomic mass is 16.3. The van der Waals surface area contributed by atoms with Crippen LogP contribution in [-0.4, -0.2) is 34.2 Å². The Bertz CT molecular complexity index is 369. The summed E-state index contributed by atoms with van der Waals surface area (Å²) >= 11 is 0. The molecule has 0 radical (unpaired) electrons. The predicted octanol–water partition coefficient (Wildman–Crippen LogP) is 2.55. The number of benzene rings is 1. The number of aliphatic hydroxyl groups excluding tert-OH is 1. The molecule has 1 fully saturated rings. The van der Waals surface area contributed by atoms with Crippen molar-refractivity contribution in [3.8, 4) is 5.75 Å². The Labute approximate surface area is 109 Å². The smallest absolute Gasteiger partial charge is 0.115 e. The van der Waals surface area contributed by atoms with Crippen LogP contribution in [0.2, 0.25) is 0 Å². The SMILES string of the molecule is CC1CCN(C(C)C(O)c2ccc(O)cc2)CC1. The van der Waals surface area contributed by atoms with Gasteiger partial charge in [0.2, 0.25) is 0 Å². The number of nitrogens with zero attached hydrogens (tertiary/aromatic N) is 1. The molecule has 1 aliphatic heterocycles. The van der Waals surface area contributed by atoms with Gasteiger partial charge in [-0.1, -0.05) is 19.1 Å². The fraction of sp³-hybridized carbons (Fsp3) is 0.600. The Kier molecular flexibility index (Phi) is 4.25. The number of phenols is 1. The lowest BCUT2D eigenvalue weighted by atomic mass is 9.95. The fourth-order valence-electron chi connectivity index (χ4n) is 2.59. The van der Waals surface area contributed by atoms with Gasteiger partial charge in [-0.2, -0.15) is 0 Å². The van der Waals surface area contributed by atoms with Crippen LogP contribution in [0.25, 0.3) is 0 Å². The molecule has 3 nitrogen and oxygen atoms in total. The quantitative estimate of drug-likeness (QED) is 0.865. The summed E-state index contributed by atoms with van der Waals surface area (Å²) in [6.07, 6.45) is 1.94. The van der Waals surface area contributed by atoms with E-state index in [0.29, 0.717) is 0 Å². The summed E-state index contributed by atoms with van der Waals surface area (Å²) in [4.78, 5) is 2.36. The van der Waals surface area contributed by atoms with Crippen molar-refractivity contribution in [1.82, 2.24) is 4.90 Å². The van der Waals surface area contributed by atoms with Crippen molar-refractivity contribution in [3.63, 3.8) is 0 Å². The Hall–Kier alpha value is -1.06. The number of likely N-dealkylation sites (tertiary alicyclic amines) is 1. The zero-order chi connectivity index (χ0) is 13.1. The molecule has 1 heterocycles. The summed E-state index contributed by atoms with van der Waals surface area (Å²) in [5.41, 5.74) is 0.874. The molecule has 1 aromatic rings. The van der Waals surface area contributed by atoms with Gasteiger partial charge in [0.1, 0.15) is 5.75 Å². The lowest BCUT2D eigenvalue weighted by Crippen LogP contribution is -2.42. The Morgan fingerprint density at radius 3 is 2.28 bits per heavy atom. The van der Waals surface area contributed by atoms with Gasteiger partial charge in [-0.05, 0) is 56.5 Å². The number of hydrogen-bond donors (Lipinski definition) is 2. The van der Waals surface area contributed by atoms with Crippen LogP contribution in [0, 0.1) is 5.92 Å². The molecule has 0 aliphatic carbocycles. The van der Waals surface area contributed by atoms with Crippen molar-refractivity contribution in [2.24, 2.45) is 5.92 Å². The van der Waals surface area contributed by atoms with Crippen LogP contribution >= 0.6 is 0 Å². The molecule has 0 spiro atoms. The maximum Gasteiger partial charge on any atom is 0.115 e. The van der Waals surface area contributed by atoms with Crippen LogP contribution in [-0.2, 0) is 0 Å². The normalized spacial score (nSPS) is 21.7. The monoisotopic (exact) mass is 249 g/mol. The molecule has 1 saturated heterocycles. The molecule has 0 bridgehead atoms. The van der Waals surface area contributed by atoms with Gasteiger partial charge in [0.05, 0.1) is 6.10 Å². The zero-order valence-corrected chi connectivity index (χ0v) is 11.2. The van der Waals surface area contributed by atoms with Gasteiger partial charge in [0.25, 0.3) is 0 Å². The average Bonchev–Trinajstić information content (AvgIpc) is 2.39. The number of aromatic hydroxyl groups is 1. The fourth-order valence-corrected chi connectivity index (χ4v) is 2.59. The topological polar surface area (TPSA) is 43.7 Å². The molecule has 0 saturated carbocycles. The van der Waals surface area contributed by atoms with Crippen LogP contribution in [0.5, 0.6) is 5.75 Å². The summed E-state index contributed by atoms with van der Waals surface area (Å²) in [7, 11) is 0. The summed E-state index contributed by atoms with van der Waals surface area (Å²) in [5, 5.41) is 19.6. The second kappa shape index (κ2) is 5.72. The summed E-state index contributed by atoms with van der Waals surface area (Å²) < 4.78 is 0. The van der Waals surface area contributed by atoms with Gasteiger partial charge in [0.15, 0.2) is 0 Å². The maximum atomic E-state index is 10.4. The minimum Gasteiger partial charge on any atom is -0.508 e. The van der Waals surface area contributed by atoms with E-state index in [1.165, 1.54) is 12.8 Å². The zero-order valence-electron chi connectivity index (χ0n) is 11.2. The minimum atomic E-state index is -0.487. The molecule has 0 aromatic heterocycles. The van der Waals surface area contributed by atoms with Crippen molar-refractivity contribution in [1.29, 1.82) is 0 Å². The van der Waals surface area contributed by atoms with Crippen LogP contribution in [0.15, 0.2) is 24.3 Å². The molecule has 2 unspecified atom stereocenters. The van der Waals surface area contributed by atoms with Crippen LogP contribution in [0.3, 0.4) is 0 Å². The third-order valence-corrected chi connectivity index (χ3v) is 4.09. The Morgan fingerprint density at radius 1 is 1.17 bits per heavy atom. The van der Waals surface area contributed by atoms with Crippen LogP contribution in [0.1, 0.15) is 38.4 Å². The standard InChI is InChI=1S/C15H23NO2/c1-11-7-9-16(10-8-11)12(2)15(18)13-3-5-14(17)6-4-13/h3-6,11-12,15,17-18H,7-10H2,1-2H3. The van der Waals surface area contributed by atoms with Gasteiger partial charge in [0, 0.05) is 6.04 Å². The van der Waals surface area contributed by atoms with Gasteiger partial charge in [-0.25, -0.2) is 0 Å². The molecule has 2 N–H and O–H groups in total. The van der Waals surface area contributed by atoms with E-state index in [2.05, 4.69) is 18.7 Å². The molecule has 2 rings (SSSR count). The lowest BCUT2D eigenvalue weighted by Gasteiger charge is -2.37. The minimum absolute atomic E-state index is 0.127. The van der Waals surface area contributed by atoms with Crippen molar-refractivity contribution in [2.75, 3.05) is 13.1 Å². The summed E-state index contributed by atoms with van der Waals surface area (Å²) in [6.45, 7) is 6.50. The largest absolute Gasteiger partial charge is 0.508 e. The van der Waals surface area contributed by atoms with E-state index in [1.54, 1.807) is 24.3 Å². The van der Waals surface area contributed by atoms with E-state index in [1.807, 2.05) is 0 Å². The van der Waals surface area contributed by atoms with Gasteiger partial charge < -0.3 is 10.2 Å². The molecule has 3 heteroatoms. The van der Waals surface area contributed by atoms with E-state index >= 15 is 0 Å². The van der Waals surface area contributed by atoms with Gasteiger partial charge in [-0.3, -0.25) is 4.90 Å². The average molecular weight is 249 g/mol. The molecular formula is C15H23NO2.